The molecule has 0 spiro atoms. The van der Waals surface area contributed by atoms with E-state index in [9.17, 15) is 18.0 Å². The lowest BCUT2D eigenvalue weighted by molar-refractivity contribution is -0.139. The van der Waals surface area contributed by atoms with Crippen LogP contribution in [0.5, 0.6) is 0 Å². The number of carboxylic acid groups (broad SMARTS) is 1. The van der Waals surface area contributed by atoms with Crippen LogP contribution in [0.25, 0.3) is 0 Å². The molecule has 0 saturated carbocycles. The summed E-state index contributed by atoms with van der Waals surface area (Å²) in [6.07, 6.45) is 2.12. The maximum Gasteiger partial charge on any atom is 0.305 e. The molecule has 8 heteroatoms. The van der Waals surface area contributed by atoms with Crippen molar-refractivity contribution in [2.24, 2.45) is 0 Å². The van der Waals surface area contributed by atoms with Gasteiger partial charge in [-0.05, 0) is 26.7 Å². The lowest BCUT2D eigenvalue weighted by Crippen LogP contribution is -2.52. The number of nitrogens with zero attached hydrogens (tertiary/aromatic N) is 1. The Labute approximate surface area is 125 Å². The summed E-state index contributed by atoms with van der Waals surface area (Å²) >= 11 is 0. The molecule has 7 nitrogen and oxygen atoms in total. The van der Waals surface area contributed by atoms with Crippen LogP contribution in [0.4, 0.5) is 0 Å². The normalized spacial score (nSPS) is 17.8. The molecule has 1 fully saturated rings. The standard InChI is InChI=1S/C13H23NO6S/c1-13(2,21(3,18)19)12(17)14-7-4-10(5-8-14)20-9-6-11(15)16/h10H,4-9H2,1-3H3,(H,15,16). The molecule has 1 N–H and O–H groups in total. The summed E-state index contributed by atoms with van der Waals surface area (Å²) in [5.41, 5.74) is 0. The summed E-state index contributed by atoms with van der Waals surface area (Å²) in [4.78, 5) is 24.2. The predicted molar refractivity (Wildman–Crippen MR) is 76.7 cm³/mol. The lowest BCUT2D eigenvalue weighted by Gasteiger charge is -2.36. The Morgan fingerprint density at radius 2 is 1.81 bits per heavy atom. The van der Waals surface area contributed by atoms with Gasteiger partial charge in [0.15, 0.2) is 9.84 Å². The number of aliphatic carboxylic acids is 1. The molecule has 0 radical (unpaired) electrons. The minimum atomic E-state index is -3.48. The Morgan fingerprint density at radius 1 is 1.29 bits per heavy atom. The van der Waals surface area contributed by atoms with Gasteiger partial charge in [-0.3, -0.25) is 9.59 Å². The summed E-state index contributed by atoms with van der Waals surface area (Å²) in [5, 5.41) is 8.53. The van der Waals surface area contributed by atoms with E-state index in [2.05, 4.69) is 0 Å². The molecule has 0 aromatic carbocycles. The van der Waals surface area contributed by atoms with E-state index in [0.29, 0.717) is 25.9 Å². The van der Waals surface area contributed by atoms with Crippen molar-refractivity contribution in [1.29, 1.82) is 0 Å². The quantitative estimate of drug-likeness (QED) is 0.754. The smallest absolute Gasteiger partial charge is 0.305 e. The average Bonchev–Trinajstić information content (AvgIpc) is 2.37. The molecule has 0 aliphatic carbocycles. The van der Waals surface area contributed by atoms with E-state index < -0.39 is 26.5 Å². The van der Waals surface area contributed by atoms with Crippen molar-refractivity contribution < 1.29 is 27.9 Å². The van der Waals surface area contributed by atoms with E-state index >= 15 is 0 Å². The number of likely N-dealkylation sites (tertiary alicyclic amines) is 1. The number of hydrogen-bond donors (Lipinski definition) is 1. The molecule has 1 heterocycles. The topological polar surface area (TPSA) is 101 Å². The van der Waals surface area contributed by atoms with Crippen LogP contribution in [0.15, 0.2) is 0 Å². The Hall–Kier alpha value is -1.15. The van der Waals surface area contributed by atoms with E-state index in [1.165, 1.54) is 18.7 Å². The average molecular weight is 321 g/mol. The second-order valence-electron chi connectivity index (χ2n) is 5.79. The summed E-state index contributed by atoms with van der Waals surface area (Å²) < 4.78 is 27.4. The molecular formula is C13H23NO6S. The fraction of sp³-hybridized carbons (Fsp3) is 0.846. The molecule has 0 unspecified atom stereocenters. The first-order valence-electron chi connectivity index (χ1n) is 6.88. The van der Waals surface area contributed by atoms with Crippen LogP contribution in [-0.2, 0) is 24.2 Å². The first-order valence-corrected chi connectivity index (χ1v) is 8.77. The number of piperidine rings is 1. The van der Waals surface area contributed by atoms with Gasteiger partial charge in [0.2, 0.25) is 5.91 Å². The van der Waals surface area contributed by atoms with Gasteiger partial charge in [0.1, 0.15) is 4.75 Å². The second-order valence-corrected chi connectivity index (χ2v) is 8.35. The van der Waals surface area contributed by atoms with Crippen molar-refractivity contribution in [3.05, 3.63) is 0 Å². The fourth-order valence-electron chi connectivity index (χ4n) is 2.08. The Kier molecular flexibility index (Phi) is 5.75. The van der Waals surface area contributed by atoms with Gasteiger partial charge in [-0.25, -0.2) is 8.42 Å². The van der Waals surface area contributed by atoms with Crippen molar-refractivity contribution >= 4 is 21.7 Å². The van der Waals surface area contributed by atoms with Crippen molar-refractivity contribution in [2.45, 2.75) is 44.0 Å². The Balaban J connectivity index is 2.50. The van der Waals surface area contributed by atoms with Crippen LogP contribution in [-0.4, -0.2) is 67.1 Å². The van der Waals surface area contributed by atoms with Gasteiger partial charge in [0, 0.05) is 19.3 Å². The summed E-state index contributed by atoms with van der Waals surface area (Å²) in [6.45, 7) is 3.84. The highest BCUT2D eigenvalue weighted by Gasteiger charge is 2.42. The third kappa shape index (κ3) is 4.67. The highest BCUT2D eigenvalue weighted by atomic mass is 32.2. The monoisotopic (exact) mass is 321 g/mol. The van der Waals surface area contributed by atoms with Gasteiger partial charge in [0.05, 0.1) is 19.1 Å². The molecule has 1 amide bonds. The number of sulfone groups is 1. The van der Waals surface area contributed by atoms with Gasteiger partial charge >= 0.3 is 5.97 Å². The van der Waals surface area contributed by atoms with E-state index in [1.807, 2.05) is 0 Å². The number of carboxylic acids is 1. The zero-order valence-corrected chi connectivity index (χ0v) is 13.5. The molecule has 21 heavy (non-hydrogen) atoms. The van der Waals surface area contributed by atoms with Crippen LogP contribution < -0.4 is 0 Å². The molecular weight excluding hydrogens is 298 g/mol. The first-order chi connectivity index (χ1) is 9.55. The molecule has 1 saturated heterocycles. The first kappa shape index (κ1) is 17.9. The summed E-state index contributed by atoms with van der Waals surface area (Å²) in [6, 6.07) is 0. The second kappa shape index (κ2) is 6.74. The molecule has 1 aliphatic heterocycles. The Morgan fingerprint density at radius 3 is 2.24 bits per heavy atom. The molecule has 1 aliphatic rings. The van der Waals surface area contributed by atoms with Crippen LogP contribution >= 0.6 is 0 Å². The lowest BCUT2D eigenvalue weighted by atomic mass is 10.1. The van der Waals surface area contributed by atoms with Crippen LogP contribution in [0.3, 0.4) is 0 Å². The number of hydrogen-bond acceptors (Lipinski definition) is 5. The van der Waals surface area contributed by atoms with Crippen LogP contribution in [0, 0.1) is 0 Å². The van der Waals surface area contributed by atoms with Crippen molar-refractivity contribution in [3.8, 4) is 0 Å². The van der Waals surface area contributed by atoms with Gasteiger partial charge in [-0.15, -0.1) is 0 Å². The van der Waals surface area contributed by atoms with E-state index in [1.54, 1.807) is 0 Å². The molecule has 0 aromatic heterocycles. The zero-order chi connectivity index (χ0) is 16.3. The predicted octanol–water partition coefficient (Wildman–Crippen LogP) is 0.292. The van der Waals surface area contributed by atoms with E-state index in [4.69, 9.17) is 9.84 Å². The van der Waals surface area contributed by atoms with Gasteiger partial charge in [-0.1, -0.05) is 0 Å². The van der Waals surface area contributed by atoms with Gasteiger partial charge < -0.3 is 14.7 Å². The van der Waals surface area contributed by atoms with Crippen LogP contribution in [0.2, 0.25) is 0 Å². The van der Waals surface area contributed by atoms with Crippen molar-refractivity contribution in [1.82, 2.24) is 4.90 Å². The minimum absolute atomic E-state index is 0.0414. The fourth-order valence-corrected chi connectivity index (χ4v) is 2.52. The Bertz CT molecular complexity index is 491. The maximum atomic E-state index is 12.3. The number of carbonyl (C=O) groups excluding carboxylic acids is 1. The number of ether oxygens (including phenoxy) is 1. The zero-order valence-electron chi connectivity index (χ0n) is 12.7. The van der Waals surface area contributed by atoms with Gasteiger partial charge in [0.25, 0.3) is 0 Å². The van der Waals surface area contributed by atoms with Crippen LogP contribution in [0.1, 0.15) is 33.1 Å². The number of amides is 1. The number of rotatable bonds is 6. The molecule has 0 bridgehead atoms. The third-order valence-corrected chi connectivity index (χ3v) is 5.87. The summed E-state index contributed by atoms with van der Waals surface area (Å²) in [5.74, 6) is -1.30. The summed E-state index contributed by atoms with van der Waals surface area (Å²) in [7, 11) is -3.48. The highest BCUT2D eigenvalue weighted by Crippen LogP contribution is 2.22. The van der Waals surface area contributed by atoms with Crippen molar-refractivity contribution in [3.63, 3.8) is 0 Å². The largest absolute Gasteiger partial charge is 0.481 e. The SMILES string of the molecule is CC(C)(C(=O)N1CCC(OCCC(=O)O)CC1)S(C)(=O)=O. The highest BCUT2D eigenvalue weighted by molar-refractivity contribution is 7.92. The molecule has 1 rings (SSSR count). The molecule has 0 atom stereocenters. The van der Waals surface area contributed by atoms with E-state index in [-0.39, 0.29) is 19.1 Å². The third-order valence-electron chi connectivity index (χ3n) is 3.84. The molecule has 0 aromatic rings. The van der Waals surface area contributed by atoms with Crippen molar-refractivity contribution in [2.75, 3.05) is 26.0 Å². The van der Waals surface area contributed by atoms with E-state index in [0.717, 1.165) is 6.26 Å². The molecule has 122 valence electrons. The number of carbonyl (C=O) groups is 2. The minimum Gasteiger partial charge on any atom is -0.481 e. The van der Waals surface area contributed by atoms with Gasteiger partial charge in [-0.2, -0.15) is 0 Å². The maximum absolute atomic E-state index is 12.3.